The molecule has 1 saturated heterocycles. The van der Waals surface area contributed by atoms with Gasteiger partial charge in [0.1, 0.15) is 23.3 Å². The molecule has 5 rings (SSSR count). The second-order valence-corrected chi connectivity index (χ2v) is 9.78. The van der Waals surface area contributed by atoms with Crippen LogP contribution in [0.1, 0.15) is 57.6 Å². The number of aromatic nitrogens is 1. The van der Waals surface area contributed by atoms with Crippen LogP contribution in [0.4, 0.5) is 11.4 Å². The summed E-state index contributed by atoms with van der Waals surface area (Å²) >= 11 is 5.77. The summed E-state index contributed by atoms with van der Waals surface area (Å²) in [6, 6.07) is 17.0. The Balaban J connectivity index is 1.60. The van der Waals surface area contributed by atoms with Crippen molar-refractivity contribution >= 4 is 46.6 Å². The fraction of sp³-hybridized carbons (Fsp3) is 0.167. The van der Waals surface area contributed by atoms with Crippen molar-refractivity contribution in [2.45, 2.75) is 25.4 Å². The van der Waals surface area contributed by atoms with E-state index in [9.17, 15) is 24.6 Å². The molecule has 42 heavy (non-hydrogen) atoms. The average Bonchev–Trinajstić information content (AvgIpc) is 3.62. The Morgan fingerprint density at radius 1 is 1.05 bits per heavy atom. The first kappa shape index (κ1) is 28.3. The van der Waals surface area contributed by atoms with Gasteiger partial charge in [0.15, 0.2) is 5.11 Å². The molecule has 1 aliphatic heterocycles. The van der Waals surface area contributed by atoms with E-state index in [1.165, 1.54) is 19.2 Å². The molecule has 3 heterocycles. The van der Waals surface area contributed by atoms with Crippen molar-refractivity contribution in [2.24, 2.45) is 0 Å². The predicted molar refractivity (Wildman–Crippen MR) is 158 cm³/mol. The molecule has 0 radical (unpaired) electrons. The van der Waals surface area contributed by atoms with Crippen LogP contribution in [0.5, 0.6) is 5.75 Å². The molecular formula is C30H26N4O7S. The number of carboxylic acids is 2. The van der Waals surface area contributed by atoms with Crippen molar-refractivity contribution < 1.29 is 33.8 Å². The van der Waals surface area contributed by atoms with Crippen molar-refractivity contribution in [3.05, 3.63) is 95.5 Å². The molecule has 4 aromatic rings. The smallest absolute Gasteiger partial charge is 0.335 e. The SMILES string of the molecule is CCC(=O)Nc1ccc(N2C(=S)N[C@H](c3ccccn3)[C@@H]2c2ccc(-c3cc(C(=O)O)cc(C(=O)O)c3)o2)cc1OC. The second-order valence-electron chi connectivity index (χ2n) is 9.39. The lowest BCUT2D eigenvalue weighted by atomic mass is 10.0. The molecule has 2 aromatic carbocycles. The number of carboxylic acid groups (broad SMARTS) is 2. The molecule has 2 atom stereocenters. The Kier molecular flexibility index (Phi) is 7.89. The standard InChI is InChI=1S/C30H26N4O7S/c1-3-25(35)32-20-8-7-19(15-24(20)40-2)34-27(26(33-30(34)42)21-6-4-5-11-31-21)23-10-9-22(41-23)16-12-17(28(36)37)14-18(13-16)29(38)39/h4-15,26-27H,3H2,1-2H3,(H,32,35)(H,33,42)(H,36,37)(H,38,39)/t26-,27+/m1/s1. The van der Waals surface area contributed by atoms with Crippen LogP contribution in [0.3, 0.4) is 0 Å². The first-order chi connectivity index (χ1) is 20.2. The zero-order valence-corrected chi connectivity index (χ0v) is 23.3. The molecule has 0 saturated carbocycles. The highest BCUT2D eigenvalue weighted by Gasteiger charge is 2.43. The van der Waals surface area contributed by atoms with Gasteiger partial charge in [-0.2, -0.15) is 0 Å². The van der Waals surface area contributed by atoms with E-state index in [1.54, 1.807) is 49.5 Å². The number of thiocarbonyl (C=S) groups is 1. The van der Waals surface area contributed by atoms with Crippen molar-refractivity contribution in [1.29, 1.82) is 0 Å². The van der Waals surface area contributed by atoms with Gasteiger partial charge in [-0.1, -0.05) is 13.0 Å². The average molecular weight is 587 g/mol. The van der Waals surface area contributed by atoms with E-state index in [0.717, 1.165) is 6.07 Å². The number of amides is 1. The van der Waals surface area contributed by atoms with Crippen molar-refractivity contribution in [3.8, 4) is 17.1 Å². The highest BCUT2D eigenvalue weighted by atomic mass is 32.1. The van der Waals surface area contributed by atoms with E-state index in [1.807, 2.05) is 17.0 Å². The van der Waals surface area contributed by atoms with Crippen LogP contribution in [0.15, 0.2) is 77.3 Å². The van der Waals surface area contributed by atoms with Gasteiger partial charge < -0.3 is 34.9 Å². The van der Waals surface area contributed by atoms with Gasteiger partial charge in [0, 0.05) is 29.9 Å². The number of anilines is 2. The molecule has 0 bridgehead atoms. The third kappa shape index (κ3) is 5.52. The number of ether oxygens (including phenoxy) is 1. The van der Waals surface area contributed by atoms with Crippen LogP contribution in [0.2, 0.25) is 0 Å². The fourth-order valence-electron chi connectivity index (χ4n) is 4.78. The van der Waals surface area contributed by atoms with Crippen molar-refractivity contribution in [3.63, 3.8) is 0 Å². The molecule has 1 amide bonds. The number of benzene rings is 2. The molecule has 0 spiro atoms. The molecule has 12 heteroatoms. The summed E-state index contributed by atoms with van der Waals surface area (Å²) < 4.78 is 11.8. The van der Waals surface area contributed by atoms with Crippen LogP contribution in [-0.4, -0.2) is 45.3 Å². The monoisotopic (exact) mass is 586 g/mol. The van der Waals surface area contributed by atoms with Gasteiger partial charge in [0.2, 0.25) is 5.91 Å². The van der Waals surface area contributed by atoms with E-state index < -0.39 is 24.0 Å². The lowest BCUT2D eigenvalue weighted by Gasteiger charge is -2.27. The lowest BCUT2D eigenvalue weighted by molar-refractivity contribution is -0.115. The number of methoxy groups -OCH3 is 1. The minimum Gasteiger partial charge on any atom is -0.494 e. The summed E-state index contributed by atoms with van der Waals surface area (Å²) in [6.07, 6.45) is 1.98. The summed E-state index contributed by atoms with van der Waals surface area (Å²) in [5, 5.41) is 25.6. The Hall–Kier alpha value is -5.23. The first-order valence-electron chi connectivity index (χ1n) is 12.9. The number of carbonyl (C=O) groups is 3. The minimum atomic E-state index is -1.26. The fourth-order valence-corrected chi connectivity index (χ4v) is 5.12. The topological polar surface area (TPSA) is 154 Å². The van der Waals surface area contributed by atoms with Gasteiger partial charge in [0.05, 0.1) is 35.7 Å². The lowest BCUT2D eigenvalue weighted by Crippen LogP contribution is -2.29. The zero-order chi connectivity index (χ0) is 30.0. The van der Waals surface area contributed by atoms with E-state index in [2.05, 4.69) is 15.6 Å². The summed E-state index contributed by atoms with van der Waals surface area (Å²) in [6.45, 7) is 1.75. The number of pyridine rings is 1. The van der Waals surface area contributed by atoms with Crippen LogP contribution in [0, 0.1) is 0 Å². The van der Waals surface area contributed by atoms with E-state index in [0.29, 0.717) is 45.7 Å². The maximum Gasteiger partial charge on any atom is 0.335 e. The zero-order valence-electron chi connectivity index (χ0n) is 22.5. The maximum atomic E-state index is 12.0. The Morgan fingerprint density at radius 3 is 2.40 bits per heavy atom. The largest absolute Gasteiger partial charge is 0.494 e. The summed E-state index contributed by atoms with van der Waals surface area (Å²) in [5.41, 5.74) is 1.80. The quantitative estimate of drug-likeness (QED) is 0.190. The number of aromatic carboxylic acids is 2. The molecule has 1 aliphatic rings. The van der Waals surface area contributed by atoms with Crippen LogP contribution < -0.4 is 20.3 Å². The number of carbonyl (C=O) groups excluding carboxylic acids is 1. The van der Waals surface area contributed by atoms with Gasteiger partial charge in [0.25, 0.3) is 0 Å². The normalized spacial score (nSPS) is 16.1. The highest BCUT2D eigenvalue weighted by Crippen LogP contribution is 2.44. The summed E-state index contributed by atoms with van der Waals surface area (Å²) in [5.74, 6) is -1.50. The highest BCUT2D eigenvalue weighted by molar-refractivity contribution is 7.80. The predicted octanol–water partition coefficient (Wildman–Crippen LogP) is 5.27. The number of rotatable bonds is 9. The molecule has 0 aliphatic carbocycles. The number of furan rings is 1. The van der Waals surface area contributed by atoms with Gasteiger partial charge in [-0.15, -0.1) is 0 Å². The molecule has 1 fully saturated rings. The maximum absolute atomic E-state index is 12.0. The molecule has 0 unspecified atom stereocenters. The molecule has 4 N–H and O–H groups in total. The number of hydrogen-bond donors (Lipinski definition) is 4. The first-order valence-corrected chi connectivity index (χ1v) is 13.3. The number of hydrogen-bond acceptors (Lipinski definition) is 7. The second kappa shape index (κ2) is 11.7. The number of nitrogens with one attached hydrogen (secondary N) is 2. The molecular weight excluding hydrogens is 560 g/mol. The summed E-state index contributed by atoms with van der Waals surface area (Å²) in [7, 11) is 1.50. The van der Waals surface area contributed by atoms with Crippen LogP contribution in [0.25, 0.3) is 11.3 Å². The van der Waals surface area contributed by atoms with Gasteiger partial charge >= 0.3 is 11.9 Å². The van der Waals surface area contributed by atoms with Gasteiger partial charge in [-0.05, 0) is 66.8 Å². The van der Waals surface area contributed by atoms with Crippen LogP contribution >= 0.6 is 12.2 Å². The van der Waals surface area contributed by atoms with Crippen molar-refractivity contribution in [1.82, 2.24) is 10.3 Å². The Bertz CT molecular complexity index is 1660. The van der Waals surface area contributed by atoms with E-state index in [4.69, 9.17) is 21.4 Å². The third-order valence-corrected chi connectivity index (χ3v) is 7.10. The van der Waals surface area contributed by atoms with Crippen LogP contribution in [-0.2, 0) is 4.79 Å². The summed E-state index contributed by atoms with van der Waals surface area (Å²) in [4.78, 5) is 41.7. The number of nitrogens with zero attached hydrogens (tertiary/aromatic N) is 2. The van der Waals surface area contributed by atoms with E-state index >= 15 is 0 Å². The van der Waals surface area contributed by atoms with Gasteiger partial charge in [-0.3, -0.25) is 9.78 Å². The Morgan fingerprint density at radius 2 is 1.79 bits per heavy atom. The Labute approximate surface area is 245 Å². The minimum absolute atomic E-state index is 0.159. The van der Waals surface area contributed by atoms with E-state index in [-0.39, 0.29) is 22.8 Å². The van der Waals surface area contributed by atoms with Gasteiger partial charge in [-0.25, -0.2) is 9.59 Å². The molecule has 11 nitrogen and oxygen atoms in total. The molecule has 214 valence electrons. The third-order valence-electron chi connectivity index (χ3n) is 6.79. The van der Waals surface area contributed by atoms with Crippen molar-refractivity contribution in [2.75, 3.05) is 17.3 Å². The molecule has 2 aromatic heterocycles.